The quantitative estimate of drug-likeness (QED) is 0.784. The Labute approximate surface area is 161 Å². The zero-order valence-corrected chi connectivity index (χ0v) is 17.4. The smallest absolute Gasteiger partial charge is 0.410 e. The minimum Gasteiger partial charge on any atom is -0.444 e. The summed E-state index contributed by atoms with van der Waals surface area (Å²) >= 11 is 0. The van der Waals surface area contributed by atoms with Crippen LogP contribution in [0.2, 0.25) is 0 Å². The minimum atomic E-state index is -3.29. The molecule has 2 rings (SSSR count). The second-order valence-electron chi connectivity index (χ2n) is 7.91. The third-order valence-corrected chi connectivity index (χ3v) is 5.64. The van der Waals surface area contributed by atoms with Crippen LogP contribution in [0.1, 0.15) is 44.0 Å². The lowest BCUT2D eigenvalue weighted by Crippen LogP contribution is -2.48. The standard InChI is InChI=1S/C19H28N2O5S/c1-19(2,3)26-18(23)21-12-10-15(11-13-21)20(4)17(22)14-6-8-16(9-7-14)27(5,24)25/h6-9,15H,10-13H2,1-5H3. The summed E-state index contributed by atoms with van der Waals surface area (Å²) in [6, 6.07) is 5.98. The van der Waals surface area contributed by atoms with Gasteiger partial charge in [0, 0.05) is 38.0 Å². The van der Waals surface area contributed by atoms with Crippen molar-refractivity contribution in [3.8, 4) is 0 Å². The fraction of sp³-hybridized carbons (Fsp3) is 0.579. The van der Waals surface area contributed by atoms with Gasteiger partial charge in [-0.2, -0.15) is 0 Å². The molecule has 1 fully saturated rings. The van der Waals surface area contributed by atoms with Crippen LogP contribution in [0, 0.1) is 0 Å². The predicted molar refractivity (Wildman–Crippen MR) is 102 cm³/mol. The Hall–Kier alpha value is -2.09. The number of benzene rings is 1. The largest absolute Gasteiger partial charge is 0.444 e. The molecule has 27 heavy (non-hydrogen) atoms. The van der Waals surface area contributed by atoms with Crippen molar-refractivity contribution in [2.75, 3.05) is 26.4 Å². The van der Waals surface area contributed by atoms with E-state index >= 15 is 0 Å². The van der Waals surface area contributed by atoms with Crippen molar-refractivity contribution in [3.05, 3.63) is 29.8 Å². The first-order valence-corrected chi connectivity index (χ1v) is 10.8. The van der Waals surface area contributed by atoms with Gasteiger partial charge in [-0.1, -0.05) is 0 Å². The van der Waals surface area contributed by atoms with Crippen molar-refractivity contribution in [2.24, 2.45) is 0 Å². The molecule has 1 aromatic rings. The molecule has 0 N–H and O–H groups in total. The average molecular weight is 397 g/mol. The van der Waals surface area contributed by atoms with E-state index in [1.54, 1.807) is 16.8 Å². The first-order chi connectivity index (χ1) is 12.4. The highest BCUT2D eigenvalue weighted by atomic mass is 32.2. The third-order valence-electron chi connectivity index (χ3n) is 4.51. The Morgan fingerprint density at radius 2 is 1.63 bits per heavy atom. The average Bonchev–Trinajstić information content (AvgIpc) is 2.58. The van der Waals surface area contributed by atoms with E-state index in [2.05, 4.69) is 0 Å². The van der Waals surface area contributed by atoms with E-state index in [0.29, 0.717) is 31.5 Å². The van der Waals surface area contributed by atoms with E-state index in [-0.39, 0.29) is 22.9 Å². The summed E-state index contributed by atoms with van der Waals surface area (Å²) in [7, 11) is -1.55. The summed E-state index contributed by atoms with van der Waals surface area (Å²) < 4.78 is 28.4. The molecule has 0 saturated carbocycles. The first-order valence-electron chi connectivity index (χ1n) is 8.94. The summed E-state index contributed by atoms with van der Waals surface area (Å²) in [6.07, 6.45) is 2.14. The number of hydrogen-bond acceptors (Lipinski definition) is 5. The highest BCUT2D eigenvalue weighted by molar-refractivity contribution is 7.90. The van der Waals surface area contributed by atoms with E-state index in [1.807, 2.05) is 20.8 Å². The SMILES string of the molecule is CN(C(=O)c1ccc(S(C)(=O)=O)cc1)C1CCN(C(=O)OC(C)(C)C)CC1. The summed E-state index contributed by atoms with van der Waals surface area (Å²) in [5, 5.41) is 0. The van der Waals surface area contributed by atoms with Gasteiger partial charge in [0.15, 0.2) is 9.84 Å². The Bertz CT molecular complexity index is 788. The molecule has 0 atom stereocenters. The number of nitrogens with zero attached hydrogens (tertiary/aromatic N) is 2. The van der Waals surface area contributed by atoms with Gasteiger partial charge in [0.05, 0.1) is 4.90 Å². The van der Waals surface area contributed by atoms with Crippen molar-refractivity contribution in [1.82, 2.24) is 9.80 Å². The van der Waals surface area contributed by atoms with Crippen LogP contribution in [0.4, 0.5) is 4.79 Å². The normalized spacial score (nSPS) is 16.1. The summed E-state index contributed by atoms with van der Waals surface area (Å²) in [5.41, 5.74) is -0.0850. The number of likely N-dealkylation sites (tertiary alicyclic amines) is 1. The summed E-state index contributed by atoms with van der Waals surface area (Å²) in [5.74, 6) is -0.161. The van der Waals surface area contributed by atoms with Gasteiger partial charge in [0.2, 0.25) is 0 Å². The van der Waals surface area contributed by atoms with Gasteiger partial charge >= 0.3 is 6.09 Å². The maximum absolute atomic E-state index is 12.7. The molecule has 1 aliphatic rings. The van der Waals surface area contributed by atoms with Gasteiger partial charge in [-0.25, -0.2) is 13.2 Å². The number of hydrogen-bond donors (Lipinski definition) is 0. The van der Waals surface area contributed by atoms with Crippen molar-refractivity contribution < 1.29 is 22.7 Å². The first kappa shape index (κ1) is 21.2. The van der Waals surface area contributed by atoms with E-state index in [9.17, 15) is 18.0 Å². The zero-order valence-electron chi connectivity index (χ0n) is 16.6. The fourth-order valence-corrected chi connectivity index (χ4v) is 3.61. The number of carbonyl (C=O) groups is 2. The van der Waals surface area contributed by atoms with Crippen LogP contribution in [-0.2, 0) is 14.6 Å². The zero-order chi connectivity index (χ0) is 20.4. The van der Waals surface area contributed by atoms with Gasteiger partial charge in [-0.3, -0.25) is 4.79 Å². The van der Waals surface area contributed by atoms with Crippen molar-refractivity contribution in [3.63, 3.8) is 0 Å². The molecule has 0 aromatic heterocycles. The van der Waals surface area contributed by atoms with Gasteiger partial charge in [0.25, 0.3) is 5.91 Å². The number of sulfone groups is 1. The van der Waals surface area contributed by atoms with Crippen LogP contribution >= 0.6 is 0 Å². The molecule has 0 bridgehead atoms. The number of ether oxygens (including phenoxy) is 1. The molecule has 150 valence electrons. The lowest BCUT2D eigenvalue weighted by atomic mass is 10.0. The highest BCUT2D eigenvalue weighted by Crippen LogP contribution is 2.20. The van der Waals surface area contributed by atoms with Gasteiger partial charge in [-0.15, -0.1) is 0 Å². The molecular weight excluding hydrogens is 368 g/mol. The van der Waals surface area contributed by atoms with Crippen LogP contribution in [0.3, 0.4) is 0 Å². The lowest BCUT2D eigenvalue weighted by Gasteiger charge is -2.37. The van der Waals surface area contributed by atoms with Crippen LogP contribution in [0.25, 0.3) is 0 Å². The molecule has 1 aromatic carbocycles. The molecule has 1 heterocycles. The van der Waals surface area contributed by atoms with E-state index in [4.69, 9.17) is 4.74 Å². The molecule has 0 radical (unpaired) electrons. The van der Waals surface area contributed by atoms with Crippen LogP contribution in [-0.4, -0.2) is 68.3 Å². The minimum absolute atomic E-state index is 0.0192. The van der Waals surface area contributed by atoms with Crippen LogP contribution in [0.15, 0.2) is 29.2 Å². The third kappa shape index (κ3) is 5.69. The Morgan fingerprint density at radius 3 is 2.07 bits per heavy atom. The molecular formula is C19H28N2O5S. The maximum Gasteiger partial charge on any atom is 0.410 e. The maximum atomic E-state index is 12.7. The van der Waals surface area contributed by atoms with Crippen molar-refractivity contribution >= 4 is 21.8 Å². The number of carbonyl (C=O) groups excluding carboxylic acids is 2. The van der Waals surface area contributed by atoms with Gasteiger partial charge in [0.1, 0.15) is 5.60 Å². The highest BCUT2D eigenvalue weighted by Gasteiger charge is 2.30. The van der Waals surface area contributed by atoms with E-state index in [1.165, 1.54) is 24.3 Å². The summed E-state index contributed by atoms with van der Waals surface area (Å²) in [4.78, 5) is 28.3. The Balaban J connectivity index is 1.96. The molecule has 0 unspecified atom stereocenters. The molecule has 8 heteroatoms. The lowest BCUT2D eigenvalue weighted by molar-refractivity contribution is 0.0160. The second kappa shape index (κ2) is 7.88. The second-order valence-corrected chi connectivity index (χ2v) is 9.93. The van der Waals surface area contributed by atoms with Crippen molar-refractivity contribution in [1.29, 1.82) is 0 Å². The van der Waals surface area contributed by atoms with Crippen LogP contribution in [0.5, 0.6) is 0 Å². The predicted octanol–water partition coefficient (Wildman–Crippen LogP) is 2.56. The molecule has 0 spiro atoms. The van der Waals surface area contributed by atoms with E-state index in [0.717, 1.165) is 6.26 Å². The van der Waals surface area contributed by atoms with Crippen molar-refractivity contribution in [2.45, 2.75) is 50.2 Å². The van der Waals surface area contributed by atoms with Crippen LogP contribution < -0.4 is 0 Å². The molecule has 7 nitrogen and oxygen atoms in total. The number of amides is 2. The monoisotopic (exact) mass is 396 g/mol. The van der Waals surface area contributed by atoms with Gasteiger partial charge < -0.3 is 14.5 Å². The molecule has 1 aliphatic heterocycles. The fourth-order valence-electron chi connectivity index (χ4n) is 2.98. The van der Waals surface area contributed by atoms with E-state index < -0.39 is 15.4 Å². The number of rotatable bonds is 3. The Kier molecular flexibility index (Phi) is 6.19. The topological polar surface area (TPSA) is 84.0 Å². The summed E-state index contributed by atoms with van der Waals surface area (Å²) in [6.45, 7) is 6.56. The molecule has 2 amide bonds. The number of piperidine rings is 1. The molecule has 1 saturated heterocycles. The van der Waals surface area contributed by atoms with Gasteiger partial charge in [-0.05, 0) is 57.9 Å². The molecule has 0 aliphatic carbocycles. The Morgan fingerprint density at radius 1 is 1.11 bits per heavy atom.